The monoisotopic (exact) mass is 284 g/mol. The molecule has 0 atom stereocenters. The Morgan fingerprint density at radius 2 is 1.50 bits per heavy atom. The van der Waals surface area contributed by atoms with Crippen molar-refractivity contribution < 1.29 is 4.39 Å². The highest BCUT2D eigenvalue weighted by atomic mass is 35.5. The molecule has 1 aromatic carbocycles. The van der Waals surface area contributed by atoms with E-state index in [0.717, 1.165) is 22.4 Å². The smallest absolute Gasteiger partial charge is 0.130 e. The van der Waals surface area contributed by atoms with E-state index in [1.54, 1.807) is 30.6 Å². The quantitative estimate of drug-likeness (QED) is 0.643. The fourth-order valence-electron chi connectivity index (χ4n) is 1.98. The molecule has 0 aliphatic heterocycles. The van der Waals surface area contributed by atoms with E-state index in [4.69, 9.17) is 11.6 Å². The number of rotatable bonds is 2. The molecule has 0 radical (unpaired) electrons. The predicted molar refractivity (Wildman–Crippen MR) is 77.9 cm³/mol. The van der Waals surface area contributed by atoms with Crippen LogP contribution in [0, 0.1) is 5.82 Å². The molecule has 0 fully saturated rings. The molecule has 0 bridgehead atoms. The van der Waals surface area contributed by atoms with E-state index in [2.05, 4.69) is 9.97 Å². The molecule has 0 aliphatic rings. The lowest BCUT2D eigenvalue weighted by Crippen LogP contribution is -1.88. The van der Waals surface area contributed by atoms with Gasteiger partial charge < -0.3 is 0 Å². The molecule has 2 heterocycles. The molecule has 4 heteroatoms. The molecule has 98 valence electrons. The van der Waals surface area contributed by atoms with Gasteiger partial charge in [-0.3, -0.25) is 4.98 Å². The minimum Gasteiger partial charge on any atom is -0.265 e. The summed E-state index contributed by atoms with van der Waals surface area (Å²) < 4.78 is 13.0. The van der Waals surface area contributed by atoms with Crippen molar-refractivity contribution >= 4 is 11.6 Å². The zero-order valence-electron chi connectivity index (χ0n) is 10.4. The Bertz CT molecular complexity index is 727. The zero-order chi connectivity index (χ0) is 13.9. The molecule has 2 aromatic heterocycles. The first-order valence-corrected chi connectivity index (χ1v) is 6.44. The van der Waals surface area contributed by atoms with Gasteiger partial charge in [0.15, 0.2) is 0 Å². The second-order valence-electron chi connectivity index (χ2n) is 4.31. The maximum absolute atomic E-state index is 13.0. The van der Waals surface area contributed by atoms with Gasteiger partial charge in [-0.15, -0.1) is 0 Å². The molecule has 0 saturated heterocycles. The van der Waals surface area contributed by atoms with Gasteiger partial charge in [-0.25, -0.2) is 9.37 Å². The molecular formula is C16H10ClFN2. The standard InChI is InChI=1S/C16H10ClFN2/c17-16-10-13(11-1-3-14(18)4-2-11)9-15(20-16)12-5-7-19-8-6-12/h1-10H. The first-order valence-electron chi connectivity index (χ1n) is 6.06. The van der Waals surface area contributed by atoms with Gasteiger partial charge in [-0.2, -0.15) is 0 Å². The maximum atomic E-state index is 13.0. The summed E-state index contributed by atoms with van der Waals surface area (Å²) in [5.74, 6) is -0.261. The van der Waals surface area contributed by atoms with Crippen molar-refractivity contribution in [1.29, 1.82) is 0 Å². The lowest BCUT2D eigenvalue weighted by molar-refractivity contribution is 0.628. The largest absolute Gasteiger partial charge is 0.265 e. The van der Waals surface area contributed by atoms with Crippen LogP contribution in [0.1, 0.15) is 0 Å². The van der Waals surface area contributed by atoms with Gasteiger partial charge in [0, 0.05) is 18.0 Å². The van der Waals surface area contributed by atoms with Crippen LogP contribution in [0.4, 0.5) is 4.39 Å². The molecule has 0 saturated carbocycles. The highest BCUT2D eigenvalue weighted by Crippen LogP contribution is 2.27. The van der Waals surface area contributed by atoms with Crippen molar-refractivity contribution in [2.24, 2.45) is 0 Å². The Labute approximate surface area is 120 Å². The molecular weight excluding hydrogens is 275 g/mol. The zero-order valence-corrected chi connectivity index (χ0v) is 11.2. The summed E-state index contributed by atoms with van der Waals surface area (Å²) in [5.41, 5.74) is 3.49. The fraction of sp³-hybridized carbons (Fsp3) is 0. The summed E-state index contributed by atoms with van der Waals surface area (Å²) in [5, 5.41) is 0.402. The SMILES string of the molecule is Fc1ccc(-c2cc(Cl)nc(-c3ccncc3)c2)cc1. The maximum Gasteiger partial charge on any atom is 0.130 e. The normalized spacial score (nSPS) is 10.5. The first kappa shape index (κ1) is 12.8. The number of aromatic nitrogens is 2. The van der Waals surface area contributed by atoms with E-state index in [0.29, 0.717) is 5.15 Å². The molecule has 0 amide bonds. The third-order valence-electron chi connectivity index (χ3n) is 2.95. The topological polar surface area (TPSA) is 25.8 Å². The summed E-state index contributed by atoms with van der Waals surface area (Å²) >= 11 is 6.08. The van der Waals surface area contributed by atoms with Gasteiger partial charge >= 0.3 is 0 Å². The van der Waals surface area contributed by atoms with Crippen LogP contribution in [0.5, 0.6) is 0 Å². The molecule has 0 aliphatic carbocycles. The van der Waals surface area contributed by atoms with Crippen molar-refractivity contribution in [3.05, 3.63) is 71.9 Å². The lowest BCUT2D eigenvalue weighted by Gasteiger charge is -2.06. The summed E-state index contributed by atoms with van der Waals surface area (Å²) in [7, 11) is 0. The molecule has 0 unspecified atom stereocenters. The summed E-state index contributed by atoms with van der Waals surface area (Å²) in [4.78, 5) is 8.29. The van der Waals surface area contributed by atoms with Crippen LogP contribution in [0.2, 0.25) is 5.15 Å². The van der Waals surface area contributed by atoms with E-state index in [1.807, 2.05) is 18.2 Å². The van der Waals surface area contributed by atoms with Crippen LogP contribution in [0.3, 0.4) is 0 Å². The molecule has 0 N–H and O–H groups in total. The van der Waals surface area contributed by atoms with Crippen LogP contribution in [-0.2, 0) is 0 Å². The van der Waals surface area contributed by atoms with Gasteiger partial charge in [0.05, 0.1) is 5.69 Å². The number of hydrogen-bond donors (Lipinski definition) is 0. The minimum atomic E-state index is -0.261. The number of benzene rings is 1. The third-order valence-corrected chi connectivity index (χ3v) is 3.14. The second kappa shape index (κ2) is 5.39. The number of nitrogens with zero attached hydrogens (tertiary/aromatic N) is 2. The first-order chi connectivity index (χ1) is 9.72. The molecule has 3 aromatic rings. The van der Waals surface area contributed by atoms with Gasteiger partial charge in [-0.05, 0) is 47.5 Å². The van der Waals surface area contributed by atoms with Gasteiger partial charge in [0.2, 0.25) is 0 Å². The van der Waals surface area contributed by atoms with Crippen molar-refractivity contribution in [3.8, 4) is 22.4 Å². The molecule has 20 heavy (non-hydrogen) atoms. The van der Waals surface area contributed by atoms with Crippen LogP contribution in [-0.4, -0.2) is 9.97 Å². The summed E-state index contributed by atoms with van der Waals surface area (Å²) in [6.45, 7) is 0. The number of pyridine rings is 2. The number of hydrogen-bond acceptors (Lipinski definition) is 2. The Kier molecular flexibility index (Phi) is 3.44. The van der Waals surface area contributed by atoms with Gasteiger partial charge in [0.25, 0.3) is 0 Å². The third kappa shape index (κ3) is 2.68. The summed E-state index contributed by atoms with van der Waals surface area (Å²) in [6, 6.07) is 13.7. The minimum absolute atomic E-state index is 0.261. The predicted octanol–water partition coefficient (Wildman–Crippen LogP) is 4.60. The number of halogens is 2. The Morgan fingerprint density at radius 1 is 0.800 bits per heavy atom. The van der Waals surface area contributed by atoms with Crippen molar-refractivity contribution in [1.82, 2.24) is 9.97 Å². The van der Waals surface area contributed by atoms with E-state index < -0.39 is 0 Å². The molecule has 2 nitrogen and oxygen atoms in total. The van der Waals surface area contributed by atoms with Gasteiger partial charge in [-0.1, -0.05) is 23.7 Å². The highest BCUT2D eigenvalue weighted by molar-refractivity contribution is 6.29. The average molecular weight is 285 g/mol. The fourth-order valence-corrected chi connectivity index (χ4v) is 2.19. The van der Waals surface area contributed by atoms with Crippen molar-refractivity contribution in [2.45, 2.75) is 0 Å². The Hall–Kier alpha value is -2.26. The Balaban J connectivity index is 2.09. The van der Waals surface area contributed by atoms with E-state index in [9.17, 15) is 4.39 Å². The lowest BCUT2D eigenvalue weighted by atomic mass is 10.0. The van der Waals surface area contributed by atoms with Crippen molar-refractivity contribution in [3.63, 3.8) is 0 Å². The van der Waals surface area contributed by atoms with E-state index in [1.165, 1.54) is 12.1 Å². The van der Waals surface area contributed by atoms with Gasteiger partial charge in [0.1, 0.15) is 11.0 Å². The summed E-state index contributed by atoms with van der Waals surface area (Å²) in [6.07, 6.45) is 3.41. The van der Waals surface area contributed by atoms with E-state index >= 15 is 0 Å². The van der Waals surface area contributed by atoms with Crippen LogP contribution >= 0.6 is 11.6 Å². The van der Waals surface area contributed by atoms with Crippen molar-refractivity contribution in [2.75, 3.05) is 0 Å². The molecule has 3 rings (SSSR count). The highest BCUT2D eigenvalue weighted by Gasteiger charge is 2.06. The van der Waals surface area contributed by atoms with Crippen LogP contribution in [0.25, 0.3) is 22.4 Å². The van der Waals surface area contributed by atoms with Crippen LogP contribution in [0.15, 0.2) is 60.9 Å². The second-order valence-corrected chi connectivity index (χ2v) is 4.69. The Morgan fingerprint density at radius 3 is 2.20 bits per heavy atom. The average Bonchev–Trinajstić information content (AvgIpc) is 2.48. The van der Waals surface area contributed by atoms with E-state index in [-0.39, 0.29) is 5.82 Å². The molecule has 0 spiro atoms. The van der Waals surface area contributed by atoms with Crippen LogP contribution < -0.4 is 0 Å².